The van der Waals surface area contributed by atoms with Crippen LogP contribution in [-0.2, 0) is 20.9 Å². The number of esters is 1. The van der Waals surface area contributed by atoms with Crippen LogP contribution in [0.25, 0.3) is 10.2 Å². The molecule has 146 valence electrons. The Hall–Kier alpha value is -2.93. The summed E-state index contributed by atoms with van der Waals surface area (Å²) in [5, 5.41) is 0.912. The van der Waals surface area contributed by atoms with Crippen molar-refractivity contribution in [3.8, 4) is 5.75 Å². The van der Waals surface area contributed by atoms with Gasteiger partial charge in [0, 0.05) is 19.5 Å². The highest BCUT2D eigenvalue weighted by atomic mass is 32.1. The van der Waals surface area contributed by atoms with Gasteiger partial charge in [-0.25, -0.2) is 4.98 Å². The number of thiazole rings is 1. The van der Waals surface area contributed by atoms with Crippen molar-refractivity contribution in [2.75, 3.05) is 18.1 Å². The molecule has 0 radical (unpaired) electrons. The fourth-order valence-corrected chi connectivity index (χ4v) is 3.76. The van der Waals surface area contributed by atoms with Gasteiger partial charge in [-0.2, -0.15) is 0 Å². The molecule has 0 saturated heterocycles. The van der Waals surface area contributed by atoms with Gasteiger partial charge in [0.05, 0.1) is 16.8 Å². The van der Waals surface area contributed by atoms with Gasteiger partial charge in [0.15, 0.2) is 0 Å². The Morgan fingerprint density at radius 1 is 1.14 bits per heavy atom. The molecule has 1 heterocycles. The Kier molecular flexibility index (Phi) is 6.26. The molecule has 0 spiro atoms. The molecule has 1 amide bonds. The summed E-state index contributed by atoms with van der Waals surface area (Å²) in [6.07, 6.45) is 0. The van der Waals surface area contributed by atoms with Crippen molar-refractivity contribution in [1.29, 1.82) is 0 Å². The highest BCUT2D eigenvalue weighted by molar-refractivity contribution is 7.18. The monoisotopic (exact) mass is 398 g/mol. The molecule has 0 unspecified atom stereocenters. The molecule has 7 heteroatoms. The number of hydrogen-bond donors (Lipinski definition) is 0. The van der Waals surface area contributed by atoms with E-state index in [0.717, 1.165) is 26.5 Å². The maximum absolute atomic E-state index is 12.0. The standard InChI is InChI=1S/C21H22N2O4S/c1-14-12-17(27-13-21-22-18-6-4-5-7-20(18)28-21)8-9-19(14)23(15(2)24)10-11-26-16(3)25/h4-9,12H,10-11,13H2,1-3H3. The topological polar surface area (TPSA) is 68.7 Å². The normalized spacial score (nSPS) is 10.7. The van der Waals surface area contributed by atoms with Crippen molar-refractivity contribution in [3.63, 3.8) is 0 Å². The number of rotatable bonds is 7. The molecule has 0 aliphatic carbocycles. The Labute approximate surface area is 167 Å². The van der Waals surface area contributed by atoms with E-state index in [9.17, 15) is 9.59 Å². The summed E-state index contributed by atoms with van der Waals surface area (Å²) in [6.45, 7) is 5.61. The van der Waals surface area contributed by atoms with Crippen LogP contribution in [0.4, 0.5) is 5.69 Å². The maximum Gasteiger partial charge on any atom is 0.302 e. The molecule has 0 bridgehead atoms. The lowest BCUT2D eigenvalue weighted by atomic mass is 10.1. The number of para-hydroxylation sites is 1. The van der Waals surface area contributed by atoms with Crippen LogP contribution in [0.1, 0.15) is 24.4 Å². The molecule has 0 aliphatic rings. The molecule has 0 aliphatic heterocycles. The van der Waals surface area contributed by atoms with E-state index in [4.69, 9.17) is 9.47 Å². The first-order valence-electron chi connectivity index (χ1n) is 8.93. The van der Waals surface area contributed by atoms with Gasteiger partial charge in [-0.1, -0.05) is 12.1 Å². The zero-order valence-electron chi connectivity index (χ0n) is 16.1. The number of carbonyl (C=O) groups excluding carboxylic acids is 2. The third-order valence-electron chi connectivity index (χ3n) is 4.16. The summed E-state index contributed by atoms with van der Waals surface area (Å²) in [7, 11) is 0. The lowest BCUT2D eigenvalue weighted by Gasteiger charge is -2.23. The minimum absolute atomic E-state index is 0.113. The molecule has 28 heavy (non-hydrogen) atoms. The van der Waals surface area contributed by atoms with Crippen molar-refractivity contribution < 1.29 is 19.1 Å². The van der Waals surface area contributed by atoms with Crippen molar-refractivity contribution in [1.82, 2.24) is 4.98 Å². The molecule has 1 aromatic heterocycles. The second-order valence-electron chi connectivity index (χ2n) is 6.32. The van der Waals surface area contributed by atoms with Gasteiger partial charge in [0.2, 0.25) is 5.91 Å². The fraction of sp³-hybridized carbons (Fsp3) is 0.286. The Morgan fingerprint density at radius 2 is 1.93 bits per heavy atom. The number of amides is 1. The largest absolute Gasteiger partial charge is 0.486 e. The van der Waals surface area contributed by atoms with Crippen LogP contribution in [0.15, 0.2) is 42.5 Å². The number of benzene rings is 2. The summed E-state index contributed by atoms with van der Waals surface area (Å²) >= 11 is 1.61. The average molecular weight is 398 g/mol. The Bertz CT molecular complexity index is 966. The SMILES string of the molecule is CC(=O)OCCN(C(C)=O)c1ccc(OCc2nc3ccccc3s2)cc1C. The Balaban J connectivity index is 1.68. The number of anilines is 1. The quantitative estimate of drug-likeness (QED) is 0.561. The van der Waals surface area contributed by atoms with Gasteiger partial charge in [0.1, 0.15) is 24.0 Å². The molecule has 0 fully saturated rings. The van der Waals surface area contributed by atoms with Crippen molar-refractivity contribution >= 4 is 39.1 Å². The van der Waals surface area contributed by atoms with Crippen molar-refractivity contribution in [2.45, 2.75) is 27.4 Å². The zero-order chi connectivity index (χ0) is 20.1. The van der Waals surface area contributed by atoms with E-state index >= 15 is 0 Å². The smallest absolute Gasteiger partial charge is 0.302 e. The number of aromatic nitrogens is 1. The molecule has 2 aromatic carbocycles. The van der Waals surface area contributed by atoms with Crippen molar-refractivity contribution in [2.24, 2.45) is 0 Å². The first-order valence-corrected chi connectivity index (χ1v) is 9.75. The van der Waals surface area contributed by atoms with E-state index in [2.05, 4.69) is 4.98 Å². The summed E-state index contributed by atoms with van der Waals surface area (Å²) < 4.78 is 12.0. The van der Waals surface area contributed by atoms with Crippen LogP contribution in [0.2, 0.25) is 0 Å². The van der Waals surface area contributed by atoms with E-state index in [-0.39, 0.29) is 18.5 Å². The number of hydrogen-bond acceptors (Lipinski definition) is 6. The zero-order valence-corrected chi connectivity index (χ0v) is 16.9. The third-order valence-corrected chi connectivity index (χ3v) is 5.17. The summed E-state index contributed by atoms with van der Waals surface area (Å²) in [6, 6.07) is 13.6. The van der Waals surface area contributed by atoms with Gasteiger partial charge in [-0.15, -0.1) is 11.3 Å². The molecule has 0 saturated carbocycles. The van der Waals surface area contributed by atoms with E-state index in [1.807, 2.05) is 49.4 Å². The van der Waals surface area contributed by atoms with E-state index < -0.39 is 0 Å². The predicted molar refractivity (Wildman–Crippen MR) is 110 cm³/mol. The molecule has 6 nitrogen and oxygen atoms in total. The second kappa shape index (κ2) is 8.84. The number of ether oxygens (including phenoxy) is 2. The highest BCUT2D eigenvalue weighted by Crippen LogP contribution is 2.27. The Morgan fingerprint density at radius 3 is 2.61 bits per heavy atom. The number of carbonyl (C=O) groups is 2. The lowest BCUT2D eigenvalue weighted by Crippen LogP contribution is -2.32. The van der Waals surface area contributed by atoms with Gasteiger partial charge in [0.25, 0.3) is 0 Å². The summed E-state index contributed by atoms with van der Waals surface area (Å²) in [5.74, 6) is 0.237. The fourth-order valence-electron chi connectivity index (χ4n) is 2.88. The van der Waals surface area contributed by atoms with E-state index in [0.29, 0.717) is 18.9 Å². The van der Waals surface area contributed by atoms with Crippen LogP contribution >= 0.6 is 11.3 Å². The van der Waals surface area contributed by atoms with Gasteiger partial charge in [-0.05, 0) is 42.8 Å². The van der Waals surface area contributed by atoms with E-state index in [1.165, 1.54) is 13.8 Å². The summed E-state index contributed by atoms with van der Waals surface area (Å²) in [5.41, 5.74) is 2.65. The first-order chi connectivity index (χ1) is 13.4. The second-order valence-corrected chi connectivity index (χ2v) is 7.44. The molecule has 0 N–H and O–H groups in total. The predicted octanol–water partition coefficient (Wildman–Crippen LogP) is 4.10. The van der Waals surface area contributed by atoms with Crippen LogP contribution < -0.4 is 9.64 Å². The number of aryl methyl sites for hydroxylation is 1. The highest BCUT2D eigenvalue weighted by Gasteiger charge is 2.15. The third kappa shape index (κ3) is 4.86. The van der Waals surface area contributed by atoms with E-state index in [1.54, 1.807) is 16.2 Å². The molecular weight excluding hydrogens is 376 g/mol. The first kappa shape index (κ1) is 19.8. The number of fused-ring (bicyclic) bond motifs is 1. The molecule has 0 atom stereocenters. The lowest BCUT2D eigenvalue weighted by molar-refractivity contribution is -0.140. The minimum atomic E-state index is -0.362. The van der Waals surface area contributed by atoms with Crippen LogP contribution in [0, 0.1) is 6.92 Å². The molecular formula is C21H22N2O4S. The molecule has 3 aromatic rings. The van der Waals surface area contributed by atoms with Crippen LogP contribution in [0.5, 0.6) is 5.75 Å². The number of nitrogens with zero attached hydrogens (tertiary/aromatic N) is 2. The average Bonchev–Trinajstić information content (AvgIpc) is 3.07. The molecule has 3 rings (SSSR count). The van der Waals surface area contributed by atoms with Crippen LogP contribution in [-0.4, -0.2) is 30.0 Å². The van der Waals surface area contributed by atoms with Crippen LogP contribution in [0.3, 0.4) is 0 Å². The van der Waals surface area contributed by atoms with Gasteiger partial charge in [-0.3, -0.25) is 9.59 Å². The maximum atomic E-state index is 12.0. The van der Waals surface area contributed by atoms with Gasteiger partial charge < -0.3 is 14.4 Å². The summed E-state index contributed by atoms with van der Waals surface area (Å²) in [4.78, 5) is 29.1. The van der Waals surface area contributed by atoms with Gasteiger partial charge >= 0.3 is 5.97 Å². The minimum Gasteiger partial charge on any atom is -0.486 e. The van der Waals surface area contributed by atoms with Crippen molar-refractivity contribution in [3.05, 3.63) is 53.0 Å².